The van der Waals surface area contributed by atoms with E-state index in [1.165, 1.54) is 0 Å². The van der Waals surface area contributed by atoms with E-state index in [2.05, 4.69) is 20.6 Å². The number of aryl methyl sites for hydroxylation is 2. The molecular weight excluding hydrogens is 232 g/mol. The lowest BCUT2D eigenvalue weighted by Crippen LogP contribution is -2.24. The van der Waals surface area contributed by atoms with Gasteiger partial charge in [0.2, 0.25) is 0 Å². The van der Waals surface area contributed by atoms with E-state index in [9.17, 15) is 4.79 Å². The van der Waals surface area contributed by atoms with Crippen LogP contribution in [0.1, 0.15) is 13.3 Å². The van der Waals surface area contributed by atoms with Gasteiger partial charge in [0.1, 0.15) is 0 Å². The van der Waals surface area contributed by atoms with E-state index in [4.69, 9.17) is 0 Å². The maximum Gasteiger partial charge on any atom is 0.293 e. The molecule has 2 aromatic rings. The third-order valence-corrected chi connectivity index (χ3v) is 2.58. The van der Waals surface area contributed by atoms with Crippen molar-refractivity contribution in [2.24, 2.45) is 0 Å². The highest BCUT2D eigenvalue weighted by molar-refractivity contribution is 5.30. The molecule has 0 aliphatic carbocycles. The van der Waals surface area contributed by atoms with Gasteiger partial charge in [0.05, 0.1) is 6.20 Å². The summed E-state index contributed by atoms with van der Waals surface area (Å²) in [6, 6.07) is 0. The van der Waals surface area contributed by atoms with E-state index in [1.807, 2.05) is 13.1 Å². The number of rotatable bonds is 6. The summed E-state index contributed by atoms with van der Waals surface area (Å²) in [5.74, 6) is 0.401. The first kappa shape index (κ1) is 12.3. The van der Waals surface area contributed by atoms with E-state index >= 15 is 0 Å². The maximum atomic E-state index is 11.8. The summed E-state index contributed by atoms with van der Waals surface area (Å²) in [5, 5.41) is 10.6. The van der Waals surface area contributed by atoms with E-state index < -0.39 is 0 Å². The molecule has 0 atom stereocenters. The van der Waals surface area contributed by atoms with Crippen molar-refractivity contribution in [1.82, 2.24) is 24.5 Å². The molecule has 0 spiro atoms. The summed E-state index contributed by atoms with van der Waals surface area (Å²) in [4.78, 5) is 15.9. The van der Waals surface area contributed by atoms with Gasteiger partial charge in [-0.3, -0.25) is 9.48 Å². The molecule has 0 unspecified atom stereocenters. The van der Waals surface area contributed by atoms with Crippen LogP contribution in [-0.4, -0.2) is 31.1 Å². The number of nitrogens with zero attached hydrogens (tertiary/aromatic N) is 5. The highest BCUT2D eigenvalue weighted by Gasteiger charge is 2.02. The van der Waals surface area contributed by atoms with E-state index in [0.717, 1.165) is 13.0 Å². The minimum absolute atomic E-state index is 0.0826. The van der Waals surface area contributed by atoms with Crippen LogP contribution in [0.3, 0.4) is 0 Å². The zero-order valence-corrected chi connectivity index (χ0v) is 10.3. The zero-order valence-electron chi connectivity index (χ0n) is 10.3. The summed E-state index contributed by atoms with van der Waals surface area (Å²) >= 11 is 0. The van der Waals surface area contributed by atoms with Crippen LogP contribution in [0.2, 0.25) is 0 Å². The smallest absolute Gasteiger partial charge is 0.293 e. The predicted octanol–water partition coefficient (Wildman–Crippen LogP) is 0.357. The Hall–Kier alpha value is -2.18. The van der Waals surface area contributed by atoms with E-state index in [-0.39, 0.29) is 5.56 Å². The van der Waals surface area contributed by atoms with Crippen LogP contribution in [-0.2, 0) is 13.1 Å². The van der Waals surface area contributed by atoms with Gasteiger partial charge in [0.25, 0.3) is 5.56 Å². The Morgan fingerprint density at radius 2 is 2.22 bits per heavy atom. The van der Waals surface area contributed by atoms with Crippen molar-refractivity contribution >= 4 is 5.82 Å². The summed E-state index contributed by atoms with van der Waals surface area (Å²) in [6.07, 6.45) is 7.62. The van der Waals surface area contributed by atoms with Crippen molar-refractivity contribution in [3.63, 3.8) is 0 Å². The summed E-state index contributed by atoms with van der Waals surface area (Å²) in [6.45, 7) is 4.02. The average molecular weight is 248 g/mol. The van der Waals surface area contributed by atoms with Crippen LogP contribution in [0, 0.1) is 0 Å². The molecule has 18 heavy (non-hydrogen) atoms. The lowest BCUT2D eigenvalue weighted by molar-refractivity contribution is 0.569. The molecule has 2 heterocycles. The van der Waals surface area contributed by atoms with Crippen LogP contribution in [0.25, 0.3) is 0 Å². The first-order valence-corrected chi connectivity index (χ1v) is 5.94. The van der Waals surface area contributed by atoms with Crippen molar-refractivity contribution in [3.05, 3.63) is 35.1 Å². The van der Waals surface area contributed by atoms with Crippen LogP contribution in [0.5, 0.6) is 0 Å². The molecule has 0 amide bonds. The summed E-state index contributed by atoms with van der Waals surface area (Å²) in [7, 11) is 0. The van der Waals surface area contributed by atoms with Gasteiger partial charge in [0, 0.05) is 38.2 Å². The van der Waals surface area contributed by atoms with Gasteiger partial charge >= 0.3 is 0 Å². The van der Waals surface area contributed by atoms with Crippen molar-refractivity contribution < 1.29 is 0 Å². The first-order chi connectivity index (χ1) is 8.81. The van der Waals surface area contributed by atoms with E-state index in [0.29, 0.717) is 18.9 Å². The fourth-order valence-corrected chi connectivity index (χ4v) is 1.62. The zero-order chi connectivity index (χ0) is 12.8. The third-order valence-electron chi connectivity index (χ3n) is 2.58. The fourth-order valence-electron chi connectivity index (χ4n) is 1.62. The molecule has 0 aromatic carbocycles. The Bertz CT molecular complexity index is 533. The largest absolute Gasteiger partial charge is 0.365 e. The Kier molecular flexibility index (Phi) is 4.06. The Morgan fingerprint density at radius 1 is 1.33 bits per heavy atom. The molecule has 96 valence electrons. The normalized spacial score (nSPS) is 10.5. The number of anilines is 1. The predicted molar refractivity (Wildman–Crippen MR) is 67.3 cm³/mol. The van der Waals surface area contributed by atoms with Gasteiger partial charge in [-0.2, -0.15) is 0 Å². The Labute approximate surface area is 104 Å². The number of nitrogens with one attached hydrogen (secondary N) is 1. The second-order valence-electron chi connectivity index (χ2n) is 3.81. The van der Waals surface area contributed by atoms with Gasteiger partial charge < -0.3 is 9.88 Å². The second-order valence-corrected chi connectivity index (χ2v) is 3.81. The molecule has 0 bridgehead atoms. The molecule has 1 N–H and O–H groups in total. The third kappa shape index (κ3) is 2.93. The van der Waals surface area contributed by atoms with Crippen LogP contribution in [0.4, 0.5) is 5.82 Å². The van der Waals surface area contributed by atoms with Gasteiger partial charge in [-0.15, -0.1) is 5.10 Å². The second kappa shape index (κ2) is 5.95. The molecule has 0 saturated heterocycles. The van der Waals surface area contributed by atoms with Gasteiger partial charge in [-0.1, -0.05) is 5.21 Å². The Balaban J connectivity index is 1.85. The molecule has 2 rings (SSSR count). The van der Waals surface area contributed by atoms with Crippen LogP contribution in [0.15, 0.2) is 29.6 Å². The van der Waals surface area contributed by atoms with Crippen molar-refractivity contribution in [2.75, 3.05) is 11.9 Å². The monoisotopic (exact) mass is 248 g/mol. The van der Waals surface area contributed by atoms with Crippen LogP contribution >= 0.6 is 0 Å². The van der Waals surface area contributed by atoms with Crippen molar-refractivity contribution in [3.8, 4) is 0 Å². The fraction of sp³-hybridized carbons (Fsp3) is 0.455. The molecule has 0 fully saturated rings. The highest BCUT2D eigenvalue weighted by atomic mass is 16.1. The molecule has 0 saturated carbocycles. The quantitative estimate of drug-likeness (QED) is 0.747. The minimum Gasteiger partial charge on any atom is -0.365 e. The highest BCUT2D eigenvalue weighted by Crippen LogP contribution is 1.94. The molecule has 7 nitrogen and oxygen atoms in total. The minimum atomic E-state index is -0.0826. The lowest BCUT2D eigenvalue weighted by Gasteiger charge is -2.07. The Morgan fingerprint density at radius 3 is 2.94 bits per heavy atom. The summed E-state index contributed by atoms with van der Waals surface area (Å²) in [5.41, 5.74) is -0.0826. The van der Waals surface area contributed by atoms with Gasteiger partial charge in [-0.25, -0.2) is 4.98 Å². The molecule has 7 heteroatoms. The lowest BCUT2D eigenvalue weighted by atomic mass is 10.4. The standard InChI is InChI=1S/C11H16N6O/c1-2-16-8-5-13-10(11(16)18)12-4-3-7-17-9-6-14-15-17/h5-6,8-9H,2-4,7H2,1H3,(H,12,13). The molecule has 0 aliphatic heterocycles. The van der Waals surface area contributed by atoms with Gasteiger partial charge in [-0.05, 0) is 13.3 Å². The van der Waals surface area contributed by atoms with Crippen molar-refractivity contribution in [2.45, 2.75) is 26.4 Å². The maximum absolute atomic E-state index is 11.8. The van der Waals surface area contributed by atoms with Crippen LogP contribution < -0.4 is 10.9 Å². The molecule has 0 aliphatic rings. The number of hydrogen-bond donors (Lipinski definition) is 1. The SMILES string of the molecule is CCn1ccnc(NCCCn2ccnn2)c1=O. The van der Waals surface area contributed by atoms with Crippen molar-refractivity contribution in [1.29, 1.82) is 0 Å². The van der Waals surface area contributed by atoms with E-state index in [1.54, 1.807) is 27.8 Å². The average Bonchev–Trinajstić information content (AvgIpc) is 2.89. The first-order valence-electron chi connectivity index (χ1n) is 5.94. The number of aromatic nitrogens is 5. The van der Waals surface area contributed by atoms with Gasteiger partial charge in [0.15, 0.2) is 5.82 Å². The molecule has 0 radical (unpaired) electrons. The molecular formula is C11H16N6O. The molecule has 2 aromatic heterocycles. The topological polar surface area (TPSA) is 77.6 Å². The number of hydrogen-bond acceptors (Lipinski definition) is 5. The summed E-state index contributed by atoms with van der Waals surface area (Å²) < 4.78 is 3.37.